The summed E-state index contributed by atoms with van der Waals surface area (Å²) in [5.41, 5.74) is 0.413. The van der Waals surface area contributed by atoms with Crippen LogP contribution in [0.15, 0.2) is 24.8 Å². The van der Waals surface area contributed by atoms with E-state index in [1.807, 2.05) is 6.08 Å². The quantitative estimate of drug-likeness (QED) is 0.387. The van der Waals surface area contributed by atoms with Gasteiger partial charge in [0.2, 0.25) is 0 Å². The zero-order valence-corrected chi connectivity index (χ0v) is 24.0. The van der Waals surface area contributed by atoms with Crippen LogP contribution in [0.4, 0.5) is 0 Å². The fourth-order valence-electron chi connectivity index (χ4n) is 12.1. The average molecular weight is 497 g/mol. The van der Waals surface area contributed by atoms with E-state index in [9.17, 15) is 15.0 Å². The van der Waals surface area contributed by atoms with Gasteiger partial charge in [-0.1, -0.05) is 52.8 Å². The van der Waals surface area contributed by atoms with E-state index in [-0.39, 0.29) is 27.6 Å². The van der Waals surface area contributed by atoms with Crippen LogP contribution in [0.2, 0.25) is 0 Å². The summed E-state index contributed by atoms with van der Waals surface area (Å²) in [4.78, 5) is 12.8. The van der Waals surface area contributed by atoms with Gasteiger partial charge in [-0.3, -0.25) is 4.79 Å². The maximum absolute atomic E-state index is 12.8. The van der Waals surface area contributed by atoms with Gasteiger partial charge in [-0.25, -0.2) is 0 Å². The third kappa shape index (κ3) is 2.99. The summed E-state index contributed by atoms with van der Waals surface area (Å²) in [6.45, 7) is 22.9. The van der Waals surface area contributed by atoms with Crippen LogP contribution in [0, 0.1) is 56.7 Å². The van der Waals surface area contributed by atoms with Gasteiger partial charge in [-0.2, -0.15) is 0 Å². The minimum Gasteiger partial charge on any atom is -0.481 e. The summed E-state index contributed by atoms with van der Waals surface area (Å²) in [7, 11) is 0. The van der Waals surface area contributed by atoms with Crippen LogP contribution in [0.25, 0.3) is 0 Å². The molecule has 5 aliphatic rings. The van der Waals surface area contributed by atoms with Crippen molar-refractivity contribution in [3.63, 3.8) is 0 Å². The van der Waals surface area contributed by atoms with Gasteiger partial charge in [0, 0.05) is 0 Å². The molecular formula is C33H52O3. The second-order valence-electron chi connectivity index (χ2n) is 15.4. The van der Waals surface area contributed by atoms with Crippen LogP contribution in [0.5, 0.6) is 0 Å². The molecule has 5 aliphatic carbocycles. The molecule has 2 N–H and O–H groups in total. The van der Waals surface area contributed by atoms with Gasteiger partial charge in [0.05, 0.1) is 11.0 Å². The first-order valence-corrected chi connectivity index (χ1v) is 14.9. The Bertz CT molecular complexity index is 966. The van der Waals surface area contributed by atoms with Gasteiger partial charge < -0.3 is 10.2 Å². The summed E-state index contributed by atoms with van der Waals surface area (Å²) < 4.78 is 0. The van der Waals surface area contributed by atoms with Crippen molar-refractivity contribution in [1.29, 1.82) is 0 Å². The minimum atomic E-state index is -0.668. The molecule has 202 valence electrons. The lowest BCUT2D eigenvalue weighted by molar-refractivity contribution is -0.264. The molecule has 3 nitrogen and oxygen atoms in total. The standard InChI is InChI=1S/C33H52O3/c1-9-14-33(36)20-17-29(6)24(28(33,4)5)13-15-31(8)25(29)11-10-23-26-22(21(2)3)12-16-32(26,27(34)35)19-18-30(23,31)7/h9,22-26,36H,1-2,10-20H2,3-8H3,(H,34,35)/t22-,23?,24?,25?,26?,29-,30+,31+,32-,33?/m0/s1. The van der Waals surface area contributed by atoms with Crippen molar-refractivity contribution in [3.05, 3.63) is 24.8 Å². The molecule has 5 fully saturated rings. The van der Waals surface area contributed by atoms with Crippen molar-refractivity contribution < 1.29 is 15.0 Å². The van der Waals surface area contributed by atoms with Crippen molar-refractivity contribution in [2.24, 2.45) is 56.7 Å². The van der Waals surface area contributed by atoms with Crippen LogP contribution < -0.4 is 0 Å². The number of hydrogen-bond donors (Lipinski definition) is 2. The lowest BCUT2D eigenvalue weighted by atomic mass is 9.31. The zero-order chi connectivity index (χ0) is 26.5. The third-order valence-corrected chi connectivity index (χ3v) is 14.4. The molecule has 5 saturated carbocycles. The Labute approximate surface area is 220 Å². The van der Waals surface area contributed by atoms with Gasteiger partial charge in [0.1, 0.15) is 0 Å². The van der Waals surface area contributed by atoms with Crippen molar-refractivity contribution in [2.75, 3.05) is 0 Å². The lowest BCUT2D eigenvalue weighted by Crippen LogP contribution is -2.68. The Morgan fingerprint density at radius 3 is 2.19 bits per heavy atom. The van der Waals surface area contributed by atoms with Crippen LogP contribution in [0.1, 0.15) is 112 Å². The van der Waals surface area contributed by atoms with E-state index in [0.29, 0.717) is 30.1 Å². The predicted octanol–water partition coefficient (Wildman–Crippen LogP) is 8.04. The number of aliphatic carboxylic acids is 1. The lowest BCUT2D eigenvalue weighted by Gasteiger charge is -2.73. The van der Waals surface area contributed by atoms with Gasteiger partial charge in [-0.05, 0) is 129 Å². The van der Waals surface area contributed by atoms with Gasteiger partial charge in [0.25, 0.3) is 0 Å². The van der Waals surface area contributed by atoms with Crippen LogP contribution in [0.3, 0.4) is 0 Å². The number of rotatable bonds is 4. The van der Waals surface area contributed by atoms with Crippen molar-refractivity contribution in [2.45, 2.75) is 118 Å². The zero-order valence-electron chi connectivity index (χ0n) is 24.0. The summed E-state index contributed by atoms with van der Waals surface area (Å²) in [5.74, 6) is 1.62. The summed E-state index contributed by atoms with van der Waals surface area (Å²) in [6, 6.07) is 0. The van der Waals surface area contributed by atoms with Crippen molar-refractivity contribution in [3.8, 4) is 0 Å². The monoisotopic (exact) mass is 496 g/mol. The highest BCUT2D eigenvalue weighted by molar-refractivity contribution is 5.76. The highest BCUT2D eigenvalue weighted by atomic mass is 16.4. The molecule has 0 aliphatic heterocycles. The first-order chi connectivity index (χ1) is 16.6. The highest BCUT2D eigenvalue weighted by Gasteiger charge is 2.72. The largest absolute Gasteiger partial charge is 0.481 e. The molecule has 0 aromatic rings. The number of hydrogen-bond acceptors (Lipinski definition) is 2. The Balaban J connectivity index is 1.55. The van der Waals surface area contributed by atoms with Crippen LogP contribution in [-0.4, -0.2) is 21.8 Å². The first kappa shape index (κ1) is 26.5. The maximum Gasteiger partial charge on any atom is 0.309 e. The Morgan fingerprint density at radius 2 is 1.58 bits per heavy atom. The molecule has 0 bridgehead atoms. The molecule has 5 rings (SSSR count). The summed E-state index contributed by atoms with van der Waals surface area (Å²) in [5, 5.41) is 22.3. The fourth-order valence-corrected chi connectivity index (χ4v) is 12.1. The number of allylic oxidation sites excluding steroid dienone is 1. The van der Waals surface area contributed by atoms with E-state index in [0.717, 1.165) is 51.4 Å². The molecule has 0 spiro atoms. The molecular weight excluding hydrogens is 444 g/mol. The van der Waals surface area contributed by atoms with Crippen molar-refractivity contribution >= 4 is 5.97 Å². The van der Waals surface area contributed by atoms with E-state index in [2.05, 4.69) is 54.7 Å². The minimum absolute atomic E-state index is 0.144. The fraction of sp³-hybridized carbons (Fsp3) is 0.848. The van der Waals surface area contributed by atoms with Crippen LogP contribution >= 0.6 is 0 Å². The van der Waals surface area contributed by atoms with E-state index in [4.69, 9.17) is 0 Å². The maximum atomic E-state index is 12.8. The molecule has 5 unspecified atom stereocenters. The number of carboxylic acid groups (broad SMARTS) is 1. The number of carboxylic acids is 1. The number of fused-ring (bicyclic) bond motifs is 7. The molecule has 0 saturated heterocycles. The number of aliphatic hydroxyl groups is 1. The van der Waals surface area contributed by atoms with E-state index in [1.165, 1.54) is 18.4 Å². The molecule has 0 heterocycles. The second kappa shape index (κ2) is 7.96. The van der Waals surface area contributed by atoms with Crippen LogP contribution in [-0.2, 0) is 4.79 Å². The van der Waals surface area contributed by atoms with E-state index >= 15 is 0 Å². The molecule has 36 heavy (non-hydrogen) atoms. The van der Waals surface area contributed by atoms with E-state index in [1.54, 1.807) is 0 Å². The van der Waals surface area contributed by atoms with Gasteiger partial charge in [-0.15, -0.1) is 6.58 Å². The molecule has 0 radical (unpaired) electrons. The average Bonchev–Trinajstić information content (AvgIpc) is 3.19. The third-order valence-electron chi connectivity index (χ3n) is 14.4. The Morgan fingerprint density at radius 1 is 0.889 bits per heavy atom. The predicted molar refractivity (Wildman–Crippen MR) is 146 cm³/mol. The molecule has 10 atom stereocenters. The Hall–Kier alpha value is -1.09. The highest BCUT2D eigenvalue weighted by Crippen LogP contribution is 2.78. The molecule has 0 amide bonds. The SMILES string of the molecule is C=CCC1(O)CC[C@@]2(C)C(CC[C@]3(C)C2CCC2C4[C@H](C(=C)C)CC[C@]4(C(=O)O)CC[C@]23C)C1(C)C. The topological polar surface area (TPSA) is 57.5 Å². The van der Waals surface area contributed by atoms with Gasteiger partial charge in [0.15, 0.2) is 0 Å². The normalized spacial score (nSPS) is 53.4. The number of carbonyl (C=O) groups is 1. The summed E-state index contributed by atoms with van der Waals surface area (Å²) in [6.07, 6.45) is 12.9. The molecule has 0 aromatic heterocycles. The first-order valence-electron chi connectivity index (χ1n) is 14.9. The second-order valence-corrected chi connectivity index (χ2v) is 15.4. The summed E-state index contributed by atoms with van der Waals surface area (Å²) >= 11 is 0. The van der Waals surface area contributed by atoms with E-state index < -0.39 is 17.0 Å². The molecule has 3 heteroatoms. The smallest absolute Gasteiger partial charge is 0.309 e. The van der Waals surface area contributed by atoms with Crippen molar-refractivity contribution in [1.82, 2.24) is 0 Å². The van der Waals surface area contributed by atoms with Gasteiger partial charge >= 0.3 is 5.97 Å². The molecule has 0 aromatic carbocycles. The Kier molecular flexibility index (Phi) is 5.87.